The zero-order valence-electron chi connectivity index (χ0n) is 16.8. The van der Waals surface area contributed by atoms with E-state index in [0.29, 0.717) is 16.6 Å². The van der Waals surface area contributed by atoms with Gasteiger partial charge in [-0.3, -0.25) is 0 Å². The smallest absolute Gasteiger partial charge is 0.312 e. The standard InChI is InChI=1S/C25H17F3N3/c1-14-21(17-10-7-9-16-15-8-3-5-12-19(15)31(14)22(16)17)23-24(25(26,27)28)29-18-11-4-6-13-20(18)30(23)2/h3-13H,1-2H3/q+1. The van der Waals surface area contributed by atoms with Crippen LogP contribution in [0, 0.1) is 6.92 Å². The Morgan fingerprint density at radius 1 is 0.839 bits per heavy atom. The Balaban J connectivity index is 1.86. The van der Waals surface area contributed by atoms with E-state index in [4.69, 9.17) is 0 Å². The zero-order chi connectivity index (χ0) is 21.5. The molecule has 0 saturated heterocycles. The Labute approximate surface area is 175 Å². The van der Waals surface area contributed by atoms with Crippen LogP contribution in [0.4, 0.5) is 13.2 Å². The molecular formula is C25H17F3N3+. The summed E-state index contributed by atoms with van der Waals surface area (Å²) < 4.78 is 46.4. The summed E-state index contributed by atoms with van der Waals surface area (Å²) in [4.78, 5) is 4.07. The molecule has 6 heteroatoms. The fourth-order valence-corrected chi connectivity index (χ4v) is 4.95. The van der Waals surface area contributed by atoms with E-state index in [-0.39, 0.29) is 5.69 Å². The van der Waals surface area contributed by atoms with Crippen molar-refractivity contribution in [2.75, 3.05) is 0 Å². The minimum Gasteiger partial charge on any atom is -0.312 e. The molecule has 0 amide bonds. The molecule has 6 aromatic rings. The normalized spacial score (nSPS) is 12.7. The highest BCUT2D eigenvalue weighted by Crippen LogP contribution is 2.44. The summed E-state index contributed by atoms with van der Waals surface area (Å²) in [6.45, 7) is 1.89. The van der Waals surface area contributed by atoms with Gasteiger partial charge in [-0.2, -0.15) is 17.7 Å². The van der Waals surface area contributed by atoms with Crippen molar-refractivity contribution in [3.8, 4) is 11.3 Å². The summed E-state index contributed by atoms with van der Waals surface area (Å²) in [6, 6.07) is 20.8. The SMILES string of the molecule is Cc1c(-c2c(C(F)(F)F)nc3ccccc3[n+]2C)c2cccc3c4ccccc4n1c23. The number of para-hydroxylation sites is 4. The van der Waals surface area contributed by atoms with Crippen LogP contribution >= 0.6 is 0 Å². The highest BCUT2D eigenvalue weighted by atomic mass is 19.4. The average molecular weight is 416 g/mol. The highest BCUT2D eigenvalue weighted by molar-refractivity contribution is 6.18. The number of fused-ring (bicyclic) bond motifs is 4. The van der Waals surface area contributed by atoms with E-state index >= 15 is 0 Å². The Bertz CT molecular complexity index is 1640. The minimum absolute atomic E-state index is 0.0870. The molecule has 0 aliphatic rings. The first-order chi connectivity index (χ1) is 14.9. The Morgan fingerprint density at radius 2 is 1.52 bits per heavy atom. The molecule has 0 aliphatic heterocycles. The van der Waals surface area contributed by atoms with Gasteiger partial charge in [0.05, 0.1) is 16.6 Å². The number of benzene rings is 3. The van der Waals surface area contributed by atoms with Crippen LogP contribution in [-0.4, -0.2) is 9.38 Å². The second kappa shape index (κ2) is 5.94. The molecule has 3 nitrogen and oxygen atoms in total. The number of nitrogens with zero attached hydrogens (tertiary/aromatic N) is 3. The Morgan fingerprint density at radius 3 is 2.32 bits per heavy atom. The van der Waals surface area contributed by atoms with Crippen LogP contribution in [0.1, 0.15) is 11.4 Å². The lowest BCUT2D eigenvalue weighted by Gasteiger charge is -2.12. The number of hydrogen-bond acceptors (Lipinski definition) is 1. The molecule has 3 aromatic heterocycles. The lowest BCUT2D eigenvalue weighted by Crippen LogP contribution is -2.36. The van der Waals surface area contributed by atoms with Crippen LogP contribution in [-0.2, 0) is 13.2 Å². The summed E-state index contributed by atoms with van der Waals surface area (Å²) in [5, 5.41) is 2.92. The molecule has 0 N–H and O–H groups in total. The molecule has 152 valence electrons. The quantitative estimate of drug-likeness (QED) is 0.299. The van der Waals surface area contributed by atoms with E-state index in [1.807, 2.05) is 49.4 Å². The fourth-order valence-electron chi connectivity index (χ4n) is 4.95. The second-order valence-corrected chi connectivity index (χ2v) is 7.87. The number of aromatic nitrogens is 3. The van der Waals surface area contributed by atoms with Gasteiger partial charge >= 0.3 is 6.18 Å². The van der Waals surface area contributed by atoms with Crippen molar-refractivity contribution in [1.82, 2.24) is 9.38 Å². The third-order valence-corrected chi connectivity index (χ3v) is 6.20. The van der Waals surface area contributed by atoms with Crippen molar-refractivity contribution in [2.24, 2.45) is 7.05 Å². The van der Waals surface area contributed by atoms with Crippen LogP contribution in [0.5, 0.6) is 0 Å². The molecule has 0 radical (unpaired) electrons. The third kappa shape index (κ3) is 2.30. The van der Waals surface area contributed by atoms with Crippen molar-refractivity contribution < 1.29 is 17.7 Å². The van der Waals surface area contributed by atoms with Crippen molar-refractivity contribution in [3.05, 3.63) is 78.1 Å². The molecule has 0 unspecified atom stereocenters. The van der Waals surface area contributed by atoms with E-state index in [1.165, 1.54) is 0 Å². The van der Waals surface area contributed by atoms with Crippen LogP contribution in [0.15, 0.2) is 66.7 Å². The summed E-state index contributed by atoms with van der Waals surface area (Å²) in [6.07, 6.45) is -4.59. The summed E-state index contributed by atoms with van der Waals surface area (Å²) in [7, 11) is 1.68. The first-order valence-electron chi connectivity index (χ1n) is 9.98. The predicted octanol–water partition coefficient (Wildman–Crippen LogP) is 6.05. The Hall–Kier alpha value is -3.67. The van der Waals surface area contributed by atoms with Gasteiger partial charge in [-0.05, 0) is 19.1 Å². The van der Waals surface area contributed by atoms with Crippen LogP contribution < -0.4 is 4.57 Å². The van der Waals surface area contributed by atoms with E-state index in [2.05, 4.69) is 15.5 Å². The molecule has 0 fully saturated rings. The molecule has 0 spiro atoms. The van der Waals surface area contributed by atoms with Gasteiger partial charge in [0.15, 0.2) is 0 Å². The second-order valence-electron chi connectivity index (χ2n) is 7.87. The molecule has 3 heterocycles. The van der Waals surface area contributed by atoms with Gasteiger partial charge in [0, 0.05) is 27.9 Å². The molecule has 31 heavy (non-hydrogen) atoms. The number of rotatable bonds is 1. The monoisotopic (exact) mass is 416 g/mol. The molecule has 0 saturated carbocycles. The van der Waals surface area contributed by atoms with E-state index in [1.54, 1.807) is 29.8 Å². The maximum absolute atomic E-state index is 14.2. The first-order valence-corrected chi connectivity index (χ1v) is 9.98. The topological polar surface area (TPSA) is 21.2 Å². The summed E-state index contributed by atoms with van der Waals surface area (Å²) in [5.41, 5.74) is 3.46. The molecular weight excluding hydrogens is 399 g/mol. The fraction of sp³-hybridized carbons (Fsp3) is 0.120. The zero-order valence-corrected chi connectivity index (χ0v) is 16.8. The van der Waals surface area contributed by atoms with Crippen LogP contribution in [0.25, 0.3) is 49.5 Å². The summed E-state index contributed by atoms with van der Waals surface area (Å²) in [5.74, 6) is 0. The summed E-state index contributed by atoms with van der Waals surface area (Å²) >= 11 is 0. The maximum atomic E-state index is 14.2. The average Bonchev–Trinajstić information content (AvgIpc) is 3.24. The molecule has 0 bridgehead atoms. The highest BCUT2D eigenvalue weighted by Gasteiger charge is 2.43. The van der Waals surface area contributed by atoms with Gasteiger partial charge < -0.3 is 4.40 Å². The van der Waals surface area contributed by atoms with Crippen molar-refractivity contribution in [1.29, 1.82) is 0 Å². The van der Waals surface area contributed by atoms with E-state index in [9.17, 15) is 13.2 Å². The lowest BCUT2D eigenvalue weighted by molar-refractivity contribution is -0.634. The third-order valence-electron chi connectivity index (χ3n) is 6.20. The molecule has 3 aromatic carbocycles. The molecule has 0 atom stereocenters. The van der Waals surface area contributed by atoms with Crippen molar-refractivity contribution >= 4 is 38.2 Å². The number of aryl methyl sites for hydroxylation is 2. The predicted molar refractivity (Wildman–Crippen MR) is 115 cm³/mol. The van der Waals surface area contributed by atoms with Crippen LogP contribution in [0.3, 0.4) is 0 Å². The van der Waals surface area contributed by atoms with Gasteiger partial charge in [-0.15, -0.1) is 0 Å². The molecule has 0 aliphatic carbocycles. The minimum atomic E-state index is -4.59. The first kappa shape index (κ1) is 18.1. The van der Waals surface area contributed by atoms with Gasteiger partial charge in [0.2, 0.25) is 16.9 Å². The number of halogens is 3. The number of hydrogen-bond donors (Lipinski definition) is 0. The lowest BCUT2D eigenvalue weighted by atomic mass is 10.0. The van der Waals surface area contributed by atoms with Gasteiger partial charge in [0.1, 0.15) is 12.6 Å². The van der Waals surface area contributed by atoms with E-state index < -0.39 is 11.9 Å². The van der Waals surface area contributed by atoms with Crippen LogP contribution in [0.2, 0.25) is 0 Å². The van der Waals surface area contributed by atoms with Gasteiger partial charge in [0.25, 0.3) is 0 Å². The van der Waals surface area contributed by atoms with Crippen molar-refractivity contribution in [2.45, 2.75) is 13.1 Å². The Kier molecular flexibility index (Phi) is 3.47. The van der Waals surface area contributed by atoms with E-state index in [0.717, 1.165) is 32.9 Å². The van der Waals surface area contributed by atoms with Gasteiger partial charge in [-0.1, -0.05) is 48.5 Å². The van der Waals surface area contributed by atoms with Crippen molar-refractivity contribution in [3.63, 3.8) is 0 Å². The number of alkyl halides is 3. The van der Waals surface area contributed by atoms with Gasteiger partial charge in [-0.25, -0.2) is 4.98 Å². The maximum Gasteiger partial charge on any atom is 0.440 e. The largest absolute Gasteiger partial charge is 0.440 e. The molecule has 6 rings (SSSR count).